The molecule has 480 valence electrons. The Kier molecular flexibility index (Phi) is 68.2. The maximum atomic E-state index is 13.0. The van der Waals surface area contributed by atoms with E-state index in [0.29, 0.717) is 19.3 Å². The number of esters is 3. The summed E-state index contributed by atoms with van der Waals surface area (Å²) in [5.74, 6) is -0.939. The Morgan fingerprint density at radius 3 is 0.783 bits per heavy atom. The lowest BCUT2D eigenvalue weighted by Gasteiger charge is -2.18. The van der Waals surface area contributed by atoms with Gasteiger partial charge in [0.2, 0.25) is 0 Å². The molecule has 1 unspecified atom stereocenters. The first-order valence-electron chi connectivity index (χ1n) is 36.1. The molecule has 0 heterocycles. The van der Waals surface area contributed by atoms with Crippen molar-refractivity contribution in [2.75, 3.05) is 13.2 Å². The average Bonchev–Trinajstić information content (AvgIpc) is 3.50. The zero-order valence-electron chi connectivity index (χ0n) is 55.2. The molecule has 0 amide bonds. The van der Waals surface area contributed by atoms with Crippen LogP contribution in [0.3, 0.4) is 0 Å². The molecule has 0 aliphatic rings. The molecule has 0 aromatic rings. The van der Waals surface area contributed by atoms with Gasteiger partial charge in [0.15, 0.2) is 6.10 Å². The summed E-state index contributed by atoms with van der Waals surface area (Å²) in [6, 6.07) is 0. The first-order chi connectivity index (χ1) is 41.0. The maximum Gasteiger partial charge on any atom is 0.306 e. The van der Waals surface area contributed by atoms with Gasteiger partial charge in [-0.3, -0.25) is 14.4 Å². The molecule has 0 N–H and O–H groups in total. The molecular formula is C77H136O6. The Balaban J connectivity index is 4.34. The lowest BCUT2D eigenvalue weighted by molar-refractivity contribution is -0.167. The number of hydrogen-bond acceptors (Lipinski definition) is 6. The minimum Gasteiger partial charge on any atom is -0.462 e. The first-order valence-corrected chi connectivity index (χ1v) is 36.1. The number of rotatable bonds is 66. The fourth-order valence-electron chi connectivity index (χ4n) is 10.5. The number of carbonyl (C=O) groups is 3. The SMILES string of the molecule is CC/C=C\C/C=C\C/C=C\C/C=C\C/C=C\CCCC(=O)OCC(COC(=O)CCCCCCCCCCCCCCCCCCCCCCCCCCCCC)OC(=O)CCCCCCCCCCC/C=C\C/C=C\CCCCCCC. The van der Waals surface area contributed by atoms with Crippen molar-refractivity contribution in [3.63, 3.8) is 0 Å². The molecule has 83 heavy (non-hydrogen) atoms. The molecular weight excluding hydrogens is 1020 g/mol. The summed E-state index contributed by atoms with van der Waals surface area (Å²) in [6.45, 7) is 6.52. The summed E-state index contributed by atoms with van der Waals surface area (Å²) in [5.41, 5.74) is 0. The van der Waals surface area contributed by atoms with Crippen LogP contribution in [0.2, 0.25) is 0 Å². The van der Waals surface area contributed by atoms with Gasteiger partial charge >= 0.3 is 17.9 Å². The molecule has 0 aliphatic carbocycles. The van der Waals surface area contributed by atoms with Gasteiger partial charge in [-0.15, -0.1) is 0 Å². The van der Waals surface area contributed by atoms with Gasteiger partial charge in [0.1, 0.15) is 13.2 Å². The number of ether oxygens (including phenoxy) is 3. The Bertz CT molecular complexity index is 1570. The largest absolute Gasteiger partial charge is 0.462 e. The van der Waals surface area contributed by atoms with Gasteiger partial charge in [-0.05, 0) is 89.9 Å². The van der Waals surface area contributed by atoms with Gasteiger partial charge in [0.05, 0.1) is 0 Å². The van der Waals surface area contributed by atoms with Gasteiger partial charge in [-0.1, -0.05) is 343 Å². The topological polar surface area (TPSA) is 78.9 Å². The molecule has 0 saturated heterocycles. The van der Waals surface area contributed by atoms with Crippen LogP contribution in [0, 0.1) is 0 Å². The van der Waals surface area contributed by atoms with Crippen LogP contribution >= 0.6 is 0 Å². The quantitative estimate of drug-likeness (QED) is 0.0261. The van der Waals surface area contributed by atoms with E-state index >= 15 is 0 Å². The zero-order valence-corrected chi connectivity index (χ0v) is 55.2. The number of carbonyl (C=O) groups excluding carboxylic acids is 3. The summed E-state index contributed by atoms with van der Waals surface area (Å²) in [5, 5.41) is 0. The van der Waals surface area contributed by atoms with Crippen molar-refractivity contribution >= 4 is 17.9 Å². The number of allylic oxidation sites excluding steroid dienone is 14. The van der Waals surface area contributed by atoms with Crippen LogP contribution < -0.4 is 0 Å². The van der Waals surface area contributed by atoms with Crippen molar-refractivity contribution < 1.29 is 28.6 Å². The molecule has 0 aromatic heterocycles. The maximum absolute atomic E-state index is 13.0. The van der Waals surface area contributed by atoms with Gasteiger partial charge in [-0.25, -0.2) is 0 Å². The average molecular weight is 1160 g/mol. The van der Waals surface area contributed by atoms with E-state index in [0.717, 1.165) is 83.5 Å². The van der Waals surface area contributed by atoms with Crippen LogP contribution in [-0.4, -0.2) is 37.2 Å². The van der Waals surface area contributed by atoms with Gasteiger partial charge in [0, 0.05) is 19.3 Å². The van der Waals surface area contributed by atoms with Crippen LogP contribution in [0.1, 0.15) is 367 Å². The predicted molar refractivity (Wildman–Crippen MR) is 362 cm³/mol. The predicted octanol–water partition coefficient (Wildman–Crippen LogP) is 25.0. The summed E-state index contributed by atoms with van der Waals surface area (Å²) in [4.78, 5) is 38.5. The van der Waals surface area contributed by atoms with Crippen LogP contribution in [0.15, 0.2) is 85.1 Å². The summed E-state index contributed by atoms with van der Waals surface area (Å²) < 4.78 is 16.9. The van der Waals surface area contributed by atoms with E-state index < -0.39 is 6.10 Å². The molecule has 6 heteroatoms. The number of hydrogen-bond donors (Lipinski definition) is 0. The van der Waals surface area contributed by atoms with Gasteiger partial charge in [0.25, 0.3) is 0 Å². The second kappa shape index (κ2) is 71.1. The molecule has 6 nitrogen and oxygen atoms in total. The van der Waals surface area contributed by atoms with Crippen molar-refractivity contribution in [2.24, 2.45) is 0 Å². The van der Waals surface area contributed by atoms with E-state index in [9.17, 15) is 14.4 Å². The molecule has 0 rings (SSSR count). The van der Waals surface area contributed by atoms with E-state index in [1.165, 1.54) is 238 Å². The van der Waals surface area contributed by atoms with Crippen LogP contribution in [0.4, 0.5) is 0 Å². The fraction of sp³-hybridized carbons (Fsp3) is 0.779. The highest BCUT2D eigenvalue weighted by Crippen LogP contribution is 2.18. The molecule has 0 saturated carbocycles. The highest BCUT2D eigenvalue weighted by molar-refractivity contribution is 5.71. The van der Waals surface area contributed by atoms with Crippen LogP contribution in [0.25, 0.3) is 0 Å². The highest BCUT2D eigenvalue weighted by Gasteiger charge is 2.19. The van der Waals surface area contributed by atoms with Crippen molar-refractivity contribution in [1.82, 2.24) is 0 Å². The molecule has 0 aliphatic heterocycles. The lowest BCUT2D eigenvalue weighted by atomic mass is 10.0. The van der Waals surface area contributed by atoms with E-state index in [1.807, 2.05) is 0 Å². The van der Waals surface area contributed by atoms with E-state index in [2.05, 4.69) is 106 Å². The van der Waals surface area contributed by atoms with Gasteiger partial charge < -0.3 is 14.2 Å². The first kappa shape index (κ1) is 79.6. The molecule has 0 radical (unpaired) electrons. The summed E-state index contributed by atoms with van der Waals surface area (Å²) >= 11 is 0. The monoisotopic (exact) mass is 1160 g/mol. The normalized spacial score (nSPS) is 12.6. The second-order valence-corrected chi connectivity index (χ2v) is 24.1. The van der Waals surface area contributed by atoms with Crippen LogP contribution in [-0.2, 0) is 28.6 Å². The minimum atomic E-state index is -0.803. The third kappa shape index (κ3) is 69.3. The van der Waals surface area contributed by atoms with Crippen molar-refractivity contribution in [1.29, 1.82) is 0 Å². The third-order valence-electron chi connectivity index (χ3n) is 15.9. The van der Waals surface area contributed by atoms with Crippen molar-refractivity contribution in [3.8, 4) is 0 Å². The molecule has 0 aromatic carbocycles. The Morgan fingerprint density at radius 1 is 0.253 bits per heavy atom. The van der Waals surface area contributed by atoms with Crippen molar-refractivity contribution in [3.05, 3.63) is 85.1 Å². The fourth-order valence-corrected chi connectivity index (χ4v) is 10.5. The van der Waals surface area contributed by atoms with E-state index in [1.54, 1.807) is 0 Å². The molecule has 1 atom stereocenters. The smallest absolute Gasteiger partial charge is 0.306 e. The zero-order chi connectivity index (χ0) is 59.9. The molecule has 0 spiro atoms. The Morgan fingerprint density at radius 2 is 0.482 bits per heavy atom. The highest BCUT2D eigenvalue weighted by atomic mass is 16.6. The van der Waals surface area contributed by atoms with E-state index in [4.69, 9.17) is 14.2 Å². The lowest BCUT2D eigenvalue weighted by Crippen LogP contribution is -2.30. The Hall–Kier alpha value is -3.41. The second-order valence-electron chi connectivity index (χ2n) is 24.1. The van der Waals surface area contributed by atoms with Crippen LogP contribution in [0.5, 0.6) is 0 Å². The standard InChI is InChI=1S/C77H136O6/c1-4-7-10-13-16-19-22-25-28-31-33-35-36-37-38-39-40-42-43-46-49-52-55-58-61-64-67-70-76(79)82-73-74(72-81-75(78)69-66-63-60-57-54-51-48-45-30-27-24-21-18-15-12-9-6-3)83-77(80)71-68-65-62-59-56-53-50-47-44-41-34-32-29-26-23-20-17-14-11-8-5-2/h9,12,18,21,23,26-27,30,32,34,48,51,57,60,74H,4-8,10-11,13-17,19-20,22,24-25,28-29,31,33,35-47,49-50,52-56,58-59,61-73H2,1-3H3/b12-9-,21-18-,26-23-,30-27-,34-32-,51-48-,60-57-. The number of unbranched alkanes of at least 4 members (excludes halogenated alkanes) is 41. The Labute approximate surface area is 515 Å². The third-order valence-corrected chi connectivity index (χ3v) is 15.9. The van der Waals surface area contributed by atoms with Gasteiger partial charge in [-0.2, -0.15) is 0 Å². The summed E-state index contributed by atoms with van der Waals surface area (Å²) in [7, 11) is 0. The van der Waals surface area contributed by atoms with Crippen molar-refractivity contribution in [2.45, 2.75) is 374 Å². The van der Waals surface area contributed by atoms with E-state index in [-0.39, 0.29) is 37.5 Å². The molecule has 0 fully saturated rings. The molecule has 0 bridgehead atoms. The summed E-state index contributed by atoms with van der Waals surface area (Å²) in [6.07, 6.45) is 94.8. The minimum absolute atomic E-state index is 0.0929.